The number of hydrogen-bond donors (Lipinski definition) is 0. The molecule has 0 saturated heterocycles. The van der Waals surface area contributed by atoms with Crippen LogP contribution in [0.2, 0.25) is 0 Å². The summed E-state index contributed by atoms with van der Waals surface area (Å²) in [4.78, 5) is 2.20. The molecule has 0 spiro atoms. The van der Waals surface area contributed by atoms with Crippen molar-refractivity contribution in [1.82, 2.24) is 0 Å². The second-order valence-electron chi connectivity index (χ2n) is 3.21. The molecule has 0 aliphatic carbocycles. The Labute approximate surface area is 92.4 Å². The van der Waals surface area contributed by atoms with E-state index in [1.165, 1.54) is 5.69 Å². The van der Waals surface area contributed by atoms with Crippen molar-refractivity contribution in [1.29, 1.82) is 0 Å². The number of benzene rings is 1. The zero-order valence-electron chi connectivity index (χ0n) is 9.24. The molecule has 0 aliphatic rings. The van der Waals surface area contributed by atoms with Crippen LogP contribution in [0.3, 0.4) is 0 Å². The van der Waals surface area contributed by atoms with Gasteiger partial charge in [0, 0.05) is 18.7 Å². The van der Waals surface area contributed by atoms with Crippen LogP contribution in [0.1, 0.15) is 13.3 Å². The minimum absolute atomic E-state index is 0.768. The van der Waals surface area contributed by atoms with E-state index in [-0.39, 0.29) is 0 Å². The van der Waals surface area contributed by atoms with Crippen LogP contribution in [0.15, 0.2) is 43.0 Å². The van der Waals surface area contributed by atoms with Crippen molar-refractivity contribution < 1.29 is 0 Å². The fourth-order valence-electron chi connectivity index (χ4n) is 1.33. The molecule has 0 fully saturated rings. The molecule has 0 aromatic heterocycles. The van der Waals surface area contributed by atoms with Crippen molar-refractivity contribution in [2.24, 2.45) is 0 Å². The maximum absolute atomic E-state index is 3.76. The quantitative estimate of drug-likeness (QED) is 0.532. The summed E-state index contributed by atoms with van der Waals surface area (Å²) in [5, 5.41) is 0. The Bertz CT molecular complexity index is 343. The smallest absolute Gasteiger partial charge is 0.0797 e. The van der Waals surface area contributed by atoms with Crippen molar-refractivity contribution in [3.05, 3.63) is 43.0 Å². The van der Waals surface area contributed by atoms with Gasteiger partial charge >= 0.3 is 0 Å². The molecule has 15 heavy (non-hydrogen) atoms. The van der Waals surface area contributed by atoms with Gasteiger partial charge in [-0.3, -0.25) is 0 Å². The normalized spacial score (nSPS) is 8.87. The third-order valence-electron chi connectivity index (χ3n) is 2.04. The minimum Gasteiger partial charge on any atom is -0.357 e. The van der Waals surface area contributed by atoms with E-state index in [1.807, 2.05) is 24.3 Å². The Hall–Kier alpha value is -1.68. The summed E-state index contributed by atoms with van der Waals surface area (Å²) in [6, 6.07) is 10.3. The van der Waals surface area contributed by atoms with Crippen LogP contribution in [0.25, 0.3) is 0 Å². The van der Waals surface area contributed by atoms with Gasteiger partial charge in [0.25, 0.3) is 0 Å². The summed E-state index contributed by atoms with van der Waals surface area (Å²) >= 11 is 0. The highest BCUT2D eigenvalue weighted by molar-refractivity contribution is 5.47. The average molecular weight is 199 g/mol. The molecule has 0 unspecified atom stereocenters. The molecule has 1 nitrogen and oxygen atoms in total. The first-order chi connectivity index (χ1) is 7.38. The van der Waals surface area contributed by atoms with Gasteiger partial charge in [0.05, 0.1) is 6.54 Å². The first-order valence-electron chi connectivity index (χ1n) is 5.25. The predicted molar refractivity (Wildman–Crippen MR) is 66.9 cm³/mol. The lowest BCUT2D eigenvalue weighted by molar-refractivity contribution is 0.969. The predicted octanol–water partition coefficient (Wildman–Crippen LogP) is 3.09. The summed E-state index contributed by atoms with van der Waals surface area (Å²) in [5.74, 6) is 6.23. The van der Waals surface area contributed by atoms with E-state index in [9.17, 15) is 0 Å². The lowest BCUT2D eigenvalue weighted by atomic mass is 10.3. The van der Waals surface area contributed by atoms with E-state index in [2.05, 4.69) is 42.4 Å². The molecular weight excluding hydrogens is 182 g/mol. The van der Waals surface area contributed by atoms with Gasteiger partial charge in [0.15, 0.2) is 0 Å². The van der Waals surface area contributed by atoms with E-state index in [4.69, 9.17) is 0 Å². The number of anilines is 1. The fourth-order valence-corrected chi connectivity index (χ4v) is 1.33. The van der Waals surface area contributed by atoms with Gasteiger partial charge in [-0.2, -0.15) is 0 Å². The summed E-state index contributed by atoms with van der Waals surface area (Å²) < 4.78 is 0. The summed E-state index contributed by atoms with van der Waals surface area (Å²) in [6.45, 7) is 7.43. The van der Waals surface area contributed by atoms with E-state index in [1.54, 1.807) is 0 Å². The third kappa shape index (κ3) is 3.91. The number of nitrogens with zero attached hydrogens (tertiary/aromatic N) is 1. The average Bonchev–Trinajstić information content (AvgIpc) is 2.29. The lowest BCUT2D eigenvalue weighted by Crippen LogP contribution is -2.23. The van der Waals surface area contributed by atoms with Crippen LogP contribution in [0.4, 0.5) is 5.69 Å². The molecule has 0 amide bonds. The highest BCUT2D eigenvalue weighted by Crippen LogP contribution is 2.11. The number of hydrogen-bond acceptors (Lipinski definition) is 1. The van der Waals surface area contributed by atoms with Crippen LogP contribution < -0.4 is 4.90 Å². The summed E-state index contributed by atoms with van der Waals surface area (Å²) in [6.07, 6.45) is 2.82. The van der Waals surface area contributed by atoms with Crippen LogP contribution >= 0.6 is 0 Å². The Morgan fingerprint density at radius 2 is 2.00 bits per heavy atom. The highest BCUT2D eigenvalue weighted by atomic mass is 15.1. The molecular formula is C14H17N. The van der Waals surface area contributed by atoms with Gasteiger partial charge in [0.1, 0.15) is 0 Å². The van der Waals surface area contributed by atoms with Crippen LogP contribution in [-0.4, -0.2) is 13.1 Å². The van der Waals surface area contributed by atoms with Crippen molar-refractivity contribution in [2.75, 3.05) is 18.0 Å². The lowest BCUT2D eigenvalue weighted by Gasteiger charge is -2.20. The maximum Gasteiger partial charge on any atom is 0.0797 e. The molecule has 0 N–H and O–H groups in total. The van der Waals surface area contributed by atoms with Gasteiger partial charge in [-0.15, -0.1) is 12.5 Å². The van der Waals surface area contributed by atoms with E-state index < -0.39 is 0 Å². The molecule has 1 aromatic rings. The summed E-state index contributed by atoms with van der Waals surface area (Å²) in [7, 11) is 0. The molecule has 0 bridgehead atoms. The Morgan fingerprint density at radius 3 is 2.60 bits per heavy atom. The molecule has 0 aliphatic heterocycles. The van der Waals surface area contributed by atoms with Crippen LogP contribution in [0.5, 0.6) is 0 Å². The number of rotatable bonds is 4. The van der Waals surface area contributed by atoms with Gasteiger partial charge in [-0.25, -0.2) is 0 Å². The standard InChI is InChI=1S/C14H17N/c1-3-5-9-13-15(12-4-2)14-10-7-6-8-11-14/h4,6-8,10-11H,2-3,12-13H2,1H3. The third-order valence-corrected chi connectivity index (χ3v) is 2.04. The SMILES string of the molecule is C=CCN(CC#CCC)c1ccccc1. The van der Waals surface area contributed by atoms with Gasteiger partial charge in [-0.1, -0.05) is 37.1 Å². The molecule has 1 heteroatoms. The van der Waals surface area contributed by atoms with E-state index >= 15 is 0 Å². The first kappa shape index (κ1) is 11.4. The van der Waals surface area contributed by atoms with Gasteiger partial charge in [-0.05, 0) is 12.1 Å². The minimum atomic E-state index is 0.768. The zero-order chi connectivity index (χ0) is 10.9. The van der Waals surface area contributed by atoms with E-state index in [0.29, 0.717) is 0 Å². The van der Waals surface area contributed by atoms with Gasteiger partial charge < -0.3 is 4.90 Å². The molecule has 0 heterocycles. The molecule has 1 rings (SSSR count). The van der Waals surface area contributed by atoms with Crippen molar-refractivity contribution in [3.8, 4) is 11.8 Å². The second kappa shape index (κ2) is 6.73. The van der Waals surface area contributed by atoms with Crippen LogP contribution in [-0.2, 0) is 0 Å². The second-order valence-corrected chi connectivity index (χ2v) is 3.21. The van der Waals surface area contributed by atoms with Crippen molar-refractivity contribution in [2.45, 2.75) is 13.3 Å². The topological polar surface area (TPSA) is 3.24 Å². The fraction of sp³-hybridized carbons (Fsp3) is 0.286. The van der Waals surface area contributed by atoms with Crippen LogP contribution in [0, 0.1) is 11.8 Å². The Morgan fingerprint density at radius 1 is 1.27 bits per heavy atom. The summed E-state index contributed by atoms with van der Waals surface area (Å²) in [5.41, 5.74) is 1.20. The highest BCUT2D eigenvalue weighted by Gasteiger charge is 2.00. The number of para-hydroxylation sites is 1. The largest absolute Gasteiger partial charge is 0.357 e. The van der Waals surface area contributed by atoms with Crippen molar-refractivity contribution in [3.63, 3.8) is 0 Å². The Kier molecular flexibility index (Phi) is 5.11. The first-order valence-corrected chi connectivity index (χ1v) is 5.25. The Balaban J connectivity index is 2.69. The molecule has 0 radical (unpaired) electrons. The molecule has 1 aromatic carbocycles. The molecule has 0 atom stereocenters. The monoisotopic (exact) mass is 199 g/mol. The van der Waals surface area contributed by atoms with E-state index in [0.717, 1.165) is 19.5 Å². The maximum atomic E-state index is 3.76. The molecule has 78 valence electrons. The zero-order valence-corrected chi connectivity index (χ0v) is 9.24. The van der Waals surface area contributed by atoms with Crippen molar-refractivity contribution >= 4 is 5.69 Å². The molecule has 0 saturated carbocycles. The van der Waals surface area contributed by atoms with Gasteiger partial charge in [0.2, 0.25) is 0 Å².